The van der Waals surface area contributed by atoms with Gasteiger partial charge in [-0.3, -0.25) is 14.4 Å². The molecule has 0 unspecified atom stereocenters. The van der Waals surface area contributed by atoms with Crippen molar-refractivity contribution in [3.05, 3.63) is 0 Å². The molecule has 0 saturated carbocycles. The van der Waals surface area contributed by atoms with Crippen LogP contribution in [0.4, 0.5) is 0 Å². The maximum absolute atomic E-state index is 10.3. The van der Waals surface area contributed by atoms with Gasteiger partial charge in [-0.1, -0.05) is 0 Å². The Labute approximate surface area is 107 Å². The van der Waals surface area contributed by atoms with Crippen molar-refractivity contribution in [2.24, 2.45) is 0 Å². The fourth-order valence-corrected chi connectivity index (χ4v) is 1.28. The van der Waals surface area contributed by atoms with Gasteiger partial charge in [-0.2, -0.15) is 0 Å². The molecule has 0 spiro atoms. The van der Waals surface area contributed by atoms with Gasteiger partial charge < -0.3 is 25.7 Å². The first-order valence-corrected chi connectivity index (χ1v) is 5.33. The number of carbonyl (C=O) groups is 4. The van der Waals surface area contributed by atoms with Gasteiger partial charge in [0.05, 0.1) is 12.8 Å². The topological polar surface area (TPSA) is 161 Å². The van der Waals surface area contributed by atoms with Crippen LogP contribution in [0.15, 0.2) is 0 Å². The zero-order chi connectivity index (χ0) is 15.1. The summed E-state index contributed by atoms with van der Waals surface area (Å²) >= 11 is 0. The van der Waals surface area contributed by atoms with Gasteiger partial charge in [-0.15, -0.1) is 0 Å². The third kappa shape index (κ3) is 6.99. The van der Waals surface area contributed by atoms with E-state index in [0.717, 1.165) is 19.4 Å². The molecule has 1 rings (SSSR count). The second-order valence-corrected chi connectivity index (χ2v) is 3.93. The molecule has 1 saturated heterocycles. The minimum atomic E-state index is -2.74. The average molecular weight is 277 g/mol. The number of carbonyl (C=O) groups excluding carboxylic acids is 1. The molecule has 9 nitrogen and oxygen atoms in total. The summed E-state index contributed by atoms with van der Waals surface area (Å²) in [5, 5.41) is 36.5. The maximum atomic E-state index is 10.3. The van der Waals surface area contributed by atoms with Crippen LogP contribution >= 0.6 is 0 Å². The predicted molar refractivity (Wildman–Crippen MR) is 59.3 cm³/mol. The summed E-state index contributed by atoms with van der Waals surface area (Å²) in [6, 6.07) is 0. The molecular weight excluding hydrogens is 262 g/mol. The zero-order valence-electron chi connectivity index (χ0n) is 9.96. The van der Waals surface area contributed by atoms with Gasteiger partial charge in [-0.25, -0.2) is 4.79 Å². The Hall–Kier alpha value is -2.16. The summed E-state index contributed by atoms with van der Waals surface area (Å²) in [4.78, 5) is 40.6. The SMILES string of the molecule is O=C(O)CC(O)(CC(=O)O)C(=O)O.O=C1CCCN1. The van der Waals surface area contributed by atoms with Crippen LogP contribution in [-0.2, 0) is 19.2 Å². The summed E-state index contributed by atoms with van der Waals surface area (Å²) < 4.78 is 0. The fourth-order valence-electron chi connectivity index (χ4n) is 1.28. The first-order chi connectivity index (χ1) is 8.67. The van der Waals surface area contributed by atoms with E-state index in [0.29, 0.717) is 0 Å². The summed E-state index contributed by atoms with van der Waals surface area (Å²) in [5.74, 6) is -4.82. The number of hydrogen-bond acceptors (Lipinski definition) is 5. The number of carboxylic acids is 3. The molecule has 1 aliphatic heterocycles. The van der Waals surface area contributed by atoms with E-state index in [1.807, 2.05) is 0 Å². The summed E-state index contributed by atoms with van der Waals surface area (Å²) in [6.07, 6.45) is -0.526. The standard InChI is InChI=1S/C6H8O7.C4H7NO/c7-3(8)1-6(13,5(11)12)2-4(9)10;6-4-2-1-3-5-4/h13H,1-2H2,(H,7,8)(H,9,10)(H,11,12);1-3H2,(H,5,6). The highest BCUT2D eigenvalue weighted by Gasteiger charge is 2.40. The average Bonchev–Trinajstić information content (AvgIpc) is 2.67. The van der Waals surface area contributed by atoms with Crippen LogP contribution in [0.1, 0.15) is 25.7 Å². The van der Waals surface area contributed by atoms with Crippen LogP contribution in [0.5, 0.6) is 0 Å². The van der Waals surface area contributed by atoms with Gasteiger partial charge >= 0.3 is 17.9 Å². The number of aliphatic hydroxyl groups is 1. The minimum absolute atomic E-state index is 0.204. The van der Waals surface area contributed by atoms with E-state index in [-0.39, 0.29) is 5.91 Å². The van der Waals surface area contributed by atoms with Crippen molar-refractivity contribution in [3.63, 3.8) is 0 Å². The van der Waals surface area contributed by atoms with Crippen LogP contribution in [0.2, 0.25) is 0 Å². The molecule has 0 aromatic carbocycles. The fraction of sp³-hybridized carbons (Fsp3) is 0.600. The van der Waals surface area contributed by atoms with Crippen LogP contribution < -0.4 is 5.32 Å². The number of hydrogen-bond donors (Lipinski definition) is 5. The normalized spacial score (nSPS) is 14.1. The molecule has 0 radical (unpaired) electrons. The number of nitrogens with one attached hydrogen (secondary N) is 1. The van der Waals surface area contributed by atoms with Crippen molar-refractivity contribution in [2.45, 2.75) is 31.3 Å². The van der Waals surface area contributed by atoms with E-state index in [9.17, 15) is 19.2 Å². The van der Waals surface area contributed by atoms with Crippen molar-refractivity contribution in [1.82, 2.24) is 5.32 Å². The smallest absolute Gasteiger partial charge is 0.336 e. The Morgan fingerprint density at radius 2 is 1.58 bits per heavy atom. The van der Waals surface area contributed by atoms with Crippen molar-refractivity contribution >= 4 is 23.8 Å². The Balaban J connectivity index is 0.000000443. The van der Waals surface area contributed by atoms with Gasteiger partial charge in [0.1, 0.15) is 0 Å². The molecule has 0 aromatic heterocycles. The second-order valence-electron chi connectivity index (χ2n) is 3.93. The lowest BCUT2D eigenvalue weighted by atomic mass is 9.96. The van der Waals surface area contributed by atoms with Crippen molar-refractivity contribution in [3.8, 4) is 0 Å². The lowest BCUT2D eigenvalue weighted by Crippen LogP contribution is -2.42. The zero-order valence-corrected chi connectivity index (χ0v) is 9.96. The van der Waals surface area contributed by atoms with E-state index in [2.05, 4.69) is 5.32 Å². The maximum Gasteiger partial charge on any atom is 0.336 e. The Morgan fingerprint density at radius 1 is 1.11 bits per heavy atom. The summed E-state index contributed by atoms with van der Waals surface area (Å²) in [6.45, 7) is 0.888. The lowest BCUT2D eigenvalue weighted by Gasteiger charge is -2.18. The Bertz CT molecular complexity index is 354. The largest absolute Gasteiger partial charge is 0.481 e. The number of carboxylic acid groups (broad SMARTS) is 3. The highest BCUT2D eigenvalue weighted by Crippen LogP contribution is 2.15. The highest BCUT2D eigenvalue weighted by atomic mass is 16.4. The van der Waals surface area contributed by atoms with Gasteiger partial charge in [-0.05, 0) is 6.42 Å². The van der Waals surface area contributed by atoms with Crippen molar-refractivity contribution < 1.29 is 39.6 Å². The van der Waals surface area contributed by atoms with Crippen LogP contribution in [-0.4, -0.2) is 56.4 Å². The van der Waals surface area contributed by atoms with Crippen LogP contribution in [0.25, 0.3) is 0 Å². The molecule has 108 valence electrons. The minimum Gasteiger partial charge on any atom is -0.481 e. The molecule has 0 bridgehead atoms. The third-order valence-corrected chi connectivity index (χ3v) is 2.19. The second kappa shape index (κ2) is 7.31. The van der Waals surface area contributed by atoms with E-state index in [1.54, 1.807) is 0 Å². The third-order valence-electron chi connectivity index (χ3n) is 2.19. The van der Waals surface area contributed by atoms with E-state index in [4.69, 9.17) is 20.4 Å². The van der Waals surface area contributed by atoms with Gasteiger partial charge in [0, 0.05) is 13.0 Å². The molecule has 1 heterocycles. The first kappa shape index (κ1) is 16.8. The predicted octanol–water partition coefficient (Wildman–Crippen LogP) is -1.35. The molecule has 1 fully saturated rings. The van der Waals surface area contributed by atoms with E-state index < -0.39 is 36.4 Å². The lowest BCUT2D eigenvalue weighted by molar-refractivity contribution is -0.170. The van der Waals surface area contributed by atoms with Gasteiger partial charge in [0.15, 0.2) is 5.60 Å². The van der Waals surface area contributed by atoms with E-state index >= 15 is 0 Å². The van der Waals surface area contributed by atoms with Crippen molar-refractivity contribution in [2.75, 3.05) is 6.54 Å². The van der Waals surface area contributed by atoms with Crippen molar-refractivity contribution in [1.29, 1.82) is 0 Å². The Morgan fingerprint density at radius 3 is 1.74 bits per heavy atom. The molecule has 1 amide bonds. The number of amides is 1. The van der Waals surface area contributed by atoms with E-state index in [1.165, 1.54) is 0 Å². The number of aliphatic carboxylic acids is 3. The molecule has 9 heteroatoms. The van der Waals surface area contributed by atoms with Gasteiger partial charge in [0.25, 0.3) is 0 Å². The molecule has 19 heavy (non-hydrogen) atoms. The molecule has 1 aliphatic rings. The highest BCUT2D eigenvalue weighted by molar-refractivity contribution is 5.88. The number of rotatable bonds is 5. The molecular formula is C10H15NO8. The monoisotopic (exact) mass is 277 g/mol. The molecule has 0 atom stereocenters. The molecule has 0 aromatic rings. The van der Waals surface area contributed by atoms with Crippen LogP contribution in [0.3, 0.4) is 0 Å². The molecule has 0 aliphatic carbocycles. The van der Waals surface area contributed by atoms with Crippen LogP contribution in [0, 0.1) is 0 Å². The molecule has 5 N–H and O–H groups in total. The first-order valence-electron chi connectivity index (χ1n) is 5.33. The Kier molecular flexibility index (Phi) is 6.48. The summed E-state index contributed by atoms with van der Waals surface area (Å²) in [5.41, 5.74) is -2.74. The van der Waals surface area contributed by atoms with Gasteiger partial charge in [0.2, 0.25) is 5.91 Å². The summed E-state index contributed by atoms with van der Waals surface area (Å²) in [7, 11) is 0. The quantitative estimate of drug-likeness (QED) is 0.412.